The van der Waals surface area contributed by atoms with E-state index in [-0.39, 0.29) is 24.3 Å². The molecule has 2 aliphatic heterocycles. The van der Waals surface area contributed by atoms with Crippen LogP contribution >= 0.6 is 0 Å². The molecule has 32 heavy (non-hydrogen) atoms. The summed E-state index contributed by atoms with van der Waals surface area (Å²) < 4.78 is 10.4. The summed E-state index contributed by atoms with van der Waals surface area (Å²) in [6, 6.07) is 12.2. The lowest BCUT2D eigenvalue weighted by Gasteiger charge is -2.44. The van der Waals surface area contributed by atoms with Crippen molar-refractivity contribution in [1.82, 2.24) is 10.2 Å². The standard InChI is InChI=1S/C24H27N3O5/c1-4-32-24(30)27-19-7-5-6-18-21(19)16(12-20(27)22(28)25-2)14-26(23(18)29)13-15-8-10-17(31-3)11-9-15/h5-11,16,20H,4,12-14H2,1-3H3,(H,25,28)/t16-,20-/m0/s1. The van der Waals surface area contributed by atoms with Crippen LogP contribution in [0.3, 0.4) is 0 Å². The van der Waals surface area contributed by atoms with Crippen molar-refractivity contribution >= 4 is 23.6 Å². The van der Waals surface area contributed by atoms with Crippen molar-refractivity contribution in [3.8, 4) is 5.75 Å². The highest BCUT2D eigenvalue weighted by molar-refractivity contribution is 6.04. The summed E-state index contributed by atoms with van der Waals surface area (Å²) in [6.45, 7) is 2.84. The van der Waals surface area contributed by atoms with E-state index in [0.717, 1.165) is 16.9 Å². The molecule has 2 atom stereocenters. The number of carbonyl (C=O) groups excluding carboxylic acids is 3. The molecule has 0 unspecified atom stereocenters. The van der Waals surface area contributed by atoms with Crippen LogP contribution < -0.4 is 15.0 Å². The molecule has 0 saturated heterocycles. The first-order chi connectivity index (χ1) is 15.5. The van der Waals surface area contributed by atoms with Crippen LogP contribution in [-0.4, -0.2) is 56.2 Å². The molecule has 2 aliphatic rings. The molecule has 0 spiro atoms. The first kappa shape index (κ1) is 21.7. The number of carbonyl (C=O) groups is 3. The third-order valence-corrected chi connectivity index (χ3v) is 6.07. The molecule has 0 radical (unpaired) electrons. The van der Waals surface area contributed by atoms with E-state index >= 15 is 0 Å². The van der Waals surface area contributed by atoms with Gasteiger partial charge >= 0.3 is 6.09 Å². The number of methoxy groups -OCH3 is 1. The monoisotopic (exact) mass is 437 g/mol. The molecule has 4 rings (SSSR count). The van der Waals surface area contributed by atoms with Gasteiger partial charge in [0.1, 0.15) is 11.8 Å². The van der Waals surface area contributed by atoms with E-state index in [9.17, 15) is 14.4 Å². The number of amides is 3. The Bertz CT molecular complexity index is 1040. The van der Waals surface area contributed by atoms with Crippen LogP contribution in [0.25, 0.3) is 0 Å². The molecule has 2 aromatic carbocycles. The molecule has 0 aromatic heterocycles. The van der Waals surface area contributed by atoms with E-state index in [1.165, 1.54) is 4.90 Å². The van der Waals surface area contributed by atoms with E-state index in [1.807, 2.05) is 24.3 Å². The third-order valence-electron chi connectivity index (χ3n) is 6.07. The number of anilines is 1. The van der Waals surface area contributed by atoms with Gasteiger partial charge in [0.05, 0.1) is 19.4 Å². The van der Waals surface area contributed by atoms with Gasteiger partial charge in [-0.15, -0.1) is 0 Å². The van der Waals surface area contributed by atoms with Crippen LogP contribution in [0.1, 0.15) is 40.7 Å². The Morgan fingerprint density at radius 3 is 2.56 bits per heavy atom. The maximum absolute atomic E-state index is 13.3. The van der Waals surface area contributed by atoms with Gasteiger partial charge in [0.15, 0.2) is 0 Å². The highest BCUT2D eigenvalue weighted by Crippen LogP contribution is 2.44. The Kier molecular flexibility index (Phi) is 6.03. The number of nitrogens with one attached hydrogen (secondary N) is 1. The molecule has 8 nitrogen and oxygen atoms in total. The summed E-state index contributed by atoms with van der Waals surface area (Å²) in [5.74, 6) is 0.349. The molecule has 0 fully saturated rings. The molecule has 0 aliphatic carbocycles. The quantitative estimate of drug-likeness (QED) is 0.777. The zero-order chi connectivity index (χ0) is 22.8. The fraction of sp³-hybridized carbons (Fsp3) is 0.375. The van der Waals surface area contributed by atoms with Crippen molar-refractivity contribution in [3.63, 3.8) is 0 Å². The summed E-state index contributed by atoms with van der Waals surface area (Å²) in [6.07, 6.45) is -0.171. The van der Waals surface area contributed by atoms with Gasteiger partial charge in [-0.25, -0.2) is 4.79 Å². The van der Waals surface area contributed by atoms with Crippen molar-refractivity contribution in [1.29, 1.82) is 0 Å². The lowest BCUT2D eigenvalue weighted by molar-refractivity contribution is -0.122. The Morgan fingerprint density at radius 2 is 1.91 bits per heavy atom. The van der Waals surface area contributed by atoms with E-state index in [2.05, 4.69) is 5.32 Å². The van der Waals surface area contributed by atoms with E-state index in [0.29, 0.717) is 30.8 Å². The van der Waals surface area contributed by atoms with Crippen molar-refractivity contribution in [3.05, 3.63) is 59.2 Å². The largest absolute Gasteiger partial charge is 0.497 e. The van der Waals surface area contributed by atoms with Crippen LogP contribution in [0.5, 0.6) is 5.75 Å². The minimum atomic E-state index is -0.706. The smallest absolute Gasteiger partial charge is 0.415 e. The average Bonchev–Trinajstić information content (AvgIpc) is 2.81. The molecular weight excluding hydrogens is 410 g/mol. The summed E-state index contributed by atoms with van der Waals surface area (Å²) in [4.78, 5) is 42.0. The zero-order valence-electron chi connectivity index (χ0n) is 18.5. The van der Waals surface area contributed by atoms with Gasteiger partial charge in [-0.1, -0.05) is 18.2 Å². The second kappa shape index (κ2) is 8.90. The number of hydrogen-bond acceptors (Lipinski definition) is 5. The van der Waals surface area contributed by atoms with E-state index < -0.39 is 12.1 Å². The minimum absolute atomic E-state index is 0.0647. The second-order valence-corrected chi connectivity index (χ2v) is 7.90. The van der Waals surface area contributed by atoms with Gasteiger partial charge < -0.3 is 19.7 Å². The van der Waals surface area contributed by atoms with Gasteiger partial charge in [0, 0.05) is 31.6 Å². The maximum Gasteiger partial charge on any atom is 0.415 e. The lowest BCUT2D eigenvalue weighted by Crippen LogP contribution is -2.55. The highest BCUT2D eigenvalue weighted by atomic mass is 16.6. The molecule has 2 heterocycles. The zero-order valence-corrected chi connectivity index (χ0v) is 18.5. The van der Waals surface area contributed by atoms with Crippen LogP contribution in [0.4, 0.5) is 10.5 Å². The molecule has 1 N–H and O–H groups in total. The van der Waals surface area contributed by atoms with Gasteiger partial charge in [-0.2, -0.15) is 0 Å². The molecule has 3 amide bonds. The molecule has 2 aromatic rings. The molecular formula is C24H27N3O5. The van der Waals surface area contributed by atoms with Crippen molar-refractivity contribution in [2.75, 3.05) is 32.2 Å². The summed E-state index contributed by atoms with van der Waals surface area (Å²) >= 11 is 0. The predicted molar refractivity (Wildman–Crippen MR) is 119 cm³/mol. The van der Waals surface area contributed by atoms with Crippen LogP contribution in [0.15, 0.2) is 42.5 Å². The molecule has 168 valence electrons. The van der Waals surface area contributed by atoms with Gasteiger partial charge in [-0.05, 0) is 48.7 Å². The number of ether oxygens (including phenoxy) is 2. The van der Waals surface area contributed by atoms with E-state index in [4.69, 9.17) is 9.47 Å². The number of likely N-dealkylation sites (N-methyl/N-ethyl adjacent to an activating group) is 1. The van der Waals surface area contributed by atoms with Crippen LogP contribution in [0, 0.1) is 0 Å². The number of nitrogens with zero attached hydrogens (tertiary/aromatic N) is 2. The van der Waals surface area contributed by atoms with Gasteiger partial charge in [0.25, 0.3) is 5.91 Å². The highest BCUT2D eigenvalue weighted by Gasteiger charge is 2.45. The van der Waals surface area contributed by atoms with Crippen LogP contribution in [0.2, 0.25) is 0 Å². The Hall–Kier alpha value is -3.55. The van der Waals surface area contributed by atoms with Crippen molar-refractivity contribution in [2.24, 2.45) is 0 Å². The SMILES string of the molecule is CCOC(=O)N1c2cccc3c2[C@@H](C[C@H]1C(=O)NC)CN(Cc1ccc(OC)cc1)C3=O. The van der Waals surface area contributed by atoms with Gasteiger partial charge in [-0.3, -0.25) is 14.5 Å². The van der Waals surface area contributed by atoms with Crippen LogP contribution in [-0.2, 0) is 16.1 Å². The fourth-order valence-electron chi connectivity index (χ4n) is 4.62. The van der Waals surface area contributed by atoms with Crippen molar-refractivity contribution < 1.29 is 23.9 Å². The number of benzene rings is 2. The molecule has 0 saturated carbocycles. The first-order valence-electron chi connectivity index (χ1n) is 10.7. The summed E-state index contributed by atoms with van der Waals surface area (Å²) in [5, 5.41) is 2.66. The summed E-state index contributed by atoms with van der Waals surface area (Å²) in [7, 11) is 3.17. The predicted octanol–water partition coefficient (Wildman–Crippen LogP) is 2.92. The Labute approximate surface area is 187 Å². The second-order valence-electron chi connectivity index (χ2n) is 7.90. The minimum Gasteiger partial charge on any atom is -0.497 e. The fourth-order valence-corrected chi connectivity index (χ4v) is 4.62. The molecule has 8 heteroatoms. The number of rotatable bonds is 5. The number of hydrogen-bond donors (Lipinski definition) is 1. The topological polar surface area (TPSA) is 88.2 Å². The van der Waals surface area contributed by atoms with Crippen molar-refractivity contribution in [2.45, 2.75) is 31.8 Å². The van der Waals surface area contributed by atoms with Gasteiger partial charge in [0.2, 0.25) is 5.91 Å². The summed E-state index contributed by atoms with van der Waals surface area (Å²) in [5.41, 5.74) is 2.95. The molecule has 0 bridgehead atoms. The normalized spacial score (nSPS) is 19.3. The van der Waals surface area contributed by atoms with E-state index in [1.54, 1.807) is 44.2 Å². The lowest BCUT2D eigenvalue weighted by atomic mass is 9.79. The maximum atomic E-state index is 13.3. The average molecular weight is 437 g/mol. The third kappa shape index (κ3) is 3.77. The Morgan fingerprint density at radius 1 is 1.16 bits per heavy atom. The Balaban J connectivity index is 1.71. The first-order valence-corrected chi connectivity index (χ1v) is 10.7.